The molecule has 0 saturated carbocycles. The van der Waals surface area contributed by atoms with Crippen molar-refractivity contribution >= 4 is 23.2 Å². The van der Waals surface area contributed by atoms with E-state index in [4.69, 9.17) is 14.7 Å². The van der Waals surface area contributed by atoms with Crippen molar-refractivity contribution in [1.29, 1.82) is 5.41 Å². The quantitative estimate of drug-likeness (QED) is 0.286. The number of aromatic nitrogens is 3. The molecule has 1 aromatic carbocycles. The Kier molecular flexibility index (Phi) is 8.38. The molecule has 34 heavy (non-hydrogen) atoms. The van der Waals surface area contributed by atoms with Gasteiger partial charge in [0.15, 0.2) is 17.5 Å². The van der Waals surface area contributed by atoms with E-state index in [-0.39, 0.29) is 48.8 Å². The van der Waals surface area contributed by atoms with Crippen molar-refractivity contribution in [3.8, 4) is 0 Å². The summed E-state index contributed by atoms with van der Waals surface area (Å²) in [5.41, 5.74) is 1.01. The van der Waals surface area contributed by atoms with Crippen LogP contribution in [0.4, 0.5) is 14.6 Å². The van der Waals surface area contributed by atoms with Gasteiger partial charge in [0, 0.05) is 24.7 Å². The molecule has 0 fully saturated rings. The topological polar surface area (TPSA) is 126 Å². The van der Waals surface area contributed by atoms with E-state index in [9.17, 15) is 13.6 Å². The van der Waals surface area contributed by atoms with E-state index in [1.165, 1.54) is 18.4 Å². The van der Waals surface area contributed by atoms with Gasteiger partial charge in [0.1, 0.15) is 23.5 Å². The molecule has 0 spiro atoms. The number of nitrogens with zero attached hydrogens (tertiary/aromatic N) is 3. The lowest BCUT2D eigenvalue weighted by atomic mass is 10.2. The molecule has 2 aromatic heterocycles. The monoisotopic (exact) mass is 470 g/mol. The van der Waals surface area contributed by atoms with Crippen LogP contribution in [0.15, 0.2) is 53.4 Å². The van der Waals surface area contributed by atoms with Crippen molar-refractivity contribution in [3.05, 3.63) is 77.6 Å². The minimum atomic E-state index is -0.729. The maximum atomic E-state index is 14.1. The Hall–Kier alpha value is -4.15. The molecule has 3 aromatic rings. The highest BCUT2D eigenvalue weighted by molar-refractivity contribution is 6.07. The van der Waals surface area contributed by atoms with Crippen LogP contribution in [0.2, 0.25) is 0 Å². The highest BCUT2D eigenvalue weighted by Crippen LogP contribution is 2.15. The molecule has 0 amide bonds. The molecular weight excluding hydrogens is 446 g/mol. The number of nitrogens with one attached hydrogen (secondary N) is 3. The van der Waals surface area contributed by atoms with E-state index in [0.29, 0.717) is 17.0 Å². The van der Waals surface area contributed by atoms with E-state index in [1.807, 2.05) is 0 Å². The minimum Gasteiger partial charge on any atom is -0.463 e. The number of anilines is 1. The number of hydrogen-bond donors (Lipinski definition) is 3. The average Bonchev–Trinajstić information content (AvgIpc) is 3.33. The van der Waals surface area contributed by atoms with E-state index in [0.717, 1.165) is 6.20 Å². The lowest BCUT2D eigenvalue weighted by Crippen LogP contribution is -2.17. The normalized spacial score (nSPS) is 11.4. The van der Waals surface area contributed by atoms with Crippen LogP contribution in [-0.2, 0) is 16.1 Å². The van der Waals surface area contributed by atoms with Crippen LogP contribution in [-0.4, -0.2) is 39.5 Å². The fraction of sp³-hybridized carbons (Fsp3) is 0.261. The summed E-state index contributed by atoms with van der Waals surface area (Å²) >= 11 is 0. The van der Waals surface area contributed by atoms with Crippen molar-refractivity contribution in [2.24, 2.45) is 0 Å². The minimum absolute atomic E-state index is 0.0184. The van der Waals surface area contributed by atoms with E-state index < -0.39 is 11.8 Å². The number of allylic oxidation sites excluding steroid dienone is 1. The van der Waals surface area contributed by atoms with Gasteiger partial charge in [-0.15, -0.1) is 0 Å². The molecule has 0 aliphatic carbocycles. The summed E-state index contributed by atoms with van der Waals surface area (Å²) in [4.78, 5) is 19.6. The highest BCUT2D eigenvalue weighted by Gasteiger charge is 2.14. The largest absolute Gasteiger partial charge is 0.463 e. The Labute approximate surface area is 194 Å². The summed E-state index contributed by atoms with van der Waals surface area (Å²) in [6, 6.07) is 7.86. The second kappa shape index (κ2) is 11.6. The molecule has 0 saturated heterocycles. The Balaban J connectivity index is 1.73. The molecule has 11 heteroatoms. The highest BCUT2D eigenvalue weighted by atomic mass is 19.1. The van der Waals surface area contributed by atoms with Crippen molar-refractivity contribution in [3.63, 3.8) is 0 Å². The zero-order chi connectivity index (χ0) is 24.5. The number of ether oxygens (including phenoxy) is 1. The molecule has 9 nitrogen and oxygen atoms in total. The van der Waals surface area contributed by atoms with Crippen LogP contribution >= 0.6 is 0 Å². The third kappa shape index (κ3) is 6.92. The Morgan fingerprint density at radius 2 is 2.03 bits per heavy atom. The molecule has 3 N–H and O–H groups in total. The van der Waals surface area contributed by atoms with Crippen LogP contribution in [0.3, 0.4) is 0 Å². The Bertz CT molecular complexity index is 1170. The van der Waals surface area contributed by atoms with E-state index in [2.05, 4.69) is 25.8 Å². The third-order valence-electron chi connectivity index (χ3n) is 4.40. The summed E-state index contributed by atoms with van der Waals surface area (Å²) < 4.78 is 38.0. The predicted octanol–water partition coefficient (Wildman–Crippen LogP) is 3.70. The van der Waals surface area contributed by atoms with Gasteiger partial charge in [0.25, 0.3) is 0 Å². The van der Waals surface area contributed by atoms with Gasteiger partial charge < -0.3 is 19.9 Å². The smallest absolute Gasteiger partial charge is 0.307 e. The molecule has 2 heterocycles. The van der Waals surface area contributed by atoms with Crippen LogP contribution < -0.4 is 10.6 Å². The van der Waals surface area contributed by atoms with Gasteiger partial charge in [-0.05, 0) is 26.0 Å². The first kappa shape index (κ1) is 24.5. The molecule has 0 radical (unpaired) electrons. The molecule has 0 atom stereocenters. The third-order valence-corrected chi connectivity index (χ3v) is 4.40. The molecule has 0 bridgehead atoms. The summed E-state index contributed by atoms with van der Waals surface area (Å²) in [5.74, 6) is -1.75. The van der Waals surface area contributed by atoms with Gasteiger partial charge in [-0.3, -0.25) is 10.2 Å². The summed E-state index contributed by atoms with van der Waals surface area (Å²) in [5, 5.41) is 18.0. The molecule has 0 unspecified atom stereocenters. The fourth-order valence-electron chi connectivity index (χ4n) is 2.83. The second-order valence-corrected chi connectivity index (χ2v) is 7.41. The molecule has 0 aliphatic rings. The van der Waals surface area contributed by atoms with Gasteiger partial charge >= 0.3 is 5.97 Å². The number of benzene rings is 1. The predicted molar refractivity (Wildman–Crippen MR) is 121 cm³/mol. The number of rotatable bonds is 11. The number of hydrogen-bond acceptors (Lipinski definition) is 9. The van der Waals surface area contributed by atoms with Crippen LogP contribution in [0, 0.1) is 17.0 Å². The number of halogens is 2. The first-order valence-corrected chi connectivity index (χ1v) is 10.5. The zero-order valence-corrected chi connectivity index (χ0v) is 18.6. The molecule has 3 rings (SSSR count). The molecular formula is C23H24F2N6O3. The fourth-order valence-corrected chi connectivity index (χ4v) is 2.83. The Morgan fingerprint density at radius 1 is 1.24 bits per heavy atom. The van der Waals surface area contributed by atoms with Crippen LogP contribution in [0.5, 0.6) is 0 Å². The van der Waals surface area contributed by atoms with E-state index in [1.54, 1.807) is 38.1 Å². The van der Waals surface area contributed by atoms with Crippen molar-refractivity contribution in [1.82, 2.24) is 20.4 Å². The maximum Gasteiger partial charge on any atom is 0.307 e. The number of esters is 1. The van der Waals surface area contributed by atoms with Gasteiger partial charge in [-0.2, -0.15) is 0 Å². The van der Waals surface area contributed by atoms with Gasteiger partial charge in [0.05, 0.1) is 24.4 Å². The average molecular weight is 470 g/mol. The van der Waals surface area contributed by atoms with Crippen molar-refractivity contribution in [2.45, 2.75) is 32.9 Å². The molecule has 178 valence electrons. The standard InChI is InChI=1S/C23H24F2N6O3/c1-14(2)34-21(32)7-9-27-22-17(25)13-29-23(30-22)18(26)11-20(19-8-10-33-31-19)28-12-15-5-3-4-6-16(15)24/h3-6,8,10-11,13-14,26,28H,7,9,12H2,1-2H3,(H,27,29,30)/b20-11-,26-18?. The van der Waals surface area contributed by atoms with Gasteiger partial charge in [0.2, 0.25) is 0 Å². The first-order valence-electron chi connectivity index (χ1n) is 10.5. The summed E-state index contributed by atoms with van der Waals surface area (Å²) in [6.45, 7) is 3.69. The summed E-state index contributed by atoms with van der Waals surface area (Å²) in [6.07, 6.45) is 3.45. The number of carbonyl (C=O) groups is 1. The van der Waals surface area contributed by atoms with E-state index >= 15 is 0 Å². The Morgan fingerprint density at radius 3 is 2.74 bits per heavy atom. The maximum absolute atomic E-state index is 14.1. The SMILES string of the molecule is CC(C)OC(=O)CCNc1nc(C(=N)/C=C(\NCc2ccccc2F)c2ccon2)ncc1F. The zero-order valence-electron chi connectivity index (χ0n) is 18.6. The first-order chi connectivity index (χ1) is 16.3. The van der Waals surface area contributed by atoms with Gasteiger partial charge in [-0.1, -0.05) is 23.4 Å². The summed E-state index contributed by atoms with van der Waals surface area (Å²) in [7, 11) is 0. The lowest BCUT2D eigenvalue weighted by Gasteiger charge is -2.11. The van der Waals surface area contributed by atoms with Gasteiger partial charge in [-0.25, -0.2) is 18.7 Å². The molecule has 0 aliphatic heterocycles. The van der Waals surface area contributed by atoms with Crippen LogP contribution in [0.25, 0.3) is 5.70 Å². The number of carbonyl (C=O) groups excluding carboxylic acids is 1. The van der Waals surface area contributed by atoms with Crippen molar-refractivity contribution < 1.29 is 22.8 Å². The lowest BCUT2D eigenvalue weighted by molar-refractivity contribution is -0.147. The second-order valence-electron chi connectivity index (χ2n) is 7.41. The van der Waals surface area contributed by atoms with Crippen LogP contribution in [0.1, 0.15) is 37.4 Å². The van der Waals surface area contributed by atoms with Crippen molar-refractivity contribution in [2.75, 3.05) is 11.9 Å².